The molecule has 0 spiro atoms. The van der Waals surface area contributed by atoms with E-state index in [1.807, 2.05) is 12.1 Å². The maximum Gasteiger partial charge on any atom is 0.0918 e. The highest BCUT2D eigenvalue weighted by molar-refractivity contribution is 14.1. The van der Waals surface area contributed by atoms with E-state index < -0.39 is 0 Å². The normalized spacial score (nSPS) is 29.2. The lowest BCUT2D eigenvalue weighted by atomic mass is 9.80. The minimum atomic E-state index is 0.198. The highest BCUT2D eigenvalue weighted by Gasteiger charge is 2.27. The average Bonchev–Trinajstić information content (AvgIpc) is 2.41. The lowest BCUT2D eigenvalue weighted by Gasteiger charge is -2.34. The molecule has 106 valence electrons. The van der Waals surface area contributed by atoms with Crippen LogP contribution in [0.5, 0.6) is 0 Å². The SMILES string of the molecule is CC1CCC(OC(CI)c2ccc(Cl)cc2)CC1C. The van der Waals surface area contributed by atoms with Crippen molar-refractivity contribution in [3.8, 4) is 0 Å². The molecule has 19 heavy (non-hydrogen) atoms. The minimum Gasteiger partial charge on any atom is -0.369 e. The number of rotatable bonds is 4. The van der Waals surface area contributed by atoms with Crippen molar-refractivity contribution in [1.29, 1.82) is 0 Å². The summed E-state index contributed by atoms with van der Waals surface area (Å²) in [5.74, 6) is 1.62. The van der Waals surface area contributed by atoms with E-state index in [1.54, 1.807) is 0 Å². The summed E-state index contributed by atoms with van der Waals surface area (Å²) in [5, 5.41) is 0.788. The van der Waals surface area contributed by atoms with Crippen molar-refractivity contribution < 1.29 is 4.74 Å². The second-order valence-corrected chi connectivity index (χ2v) is 7.04. The van der Waals surface area contributed by atoms with Gasteiger partial charge in [-0.2, -0.15) is 0 Å². The molecule has 0 aliphatic heterocycles. The maximum atomic E-state index is 6.33. The van der Waals surface area contributed by atoms with Crippen LogP contribution in [-0.2, 0) is 4.74 Å². The highest BCUT2D eigenvalue weighted by atomic mass is 127. The molecule has 0 radical (unpaired) electrons. The van der Waals surface area contributed by atoms with E-state index in [-0.39, 0.29) is 6.10 Å². The first-order valence-corrected chi connectivity index (χ1v) is 8.97. The van der Waals surface area contributed by atoms with Crippen molar-refractivity contribution in [3.05, 3.63) is 34.9 Å². The molecule has 1 nitrogen and oxygen atoms in total. The quantitative estimate of drug-likeness (QED) is 0.475. The van der Waals surface area contributed by atoms with Gasteiger partial charge in [-0.3, -0.25) is 0 Å². The summed E-state index contributed by atoms with van der Waals surface area (Å²) in [6.45, 7) is 4.71. The predicted octanol–water partition coefficient (Wildman–Crippen LogP) is 5.66. The van der Waals surface area contributed by atoms with Gasteiger partial charge in [-0.1, -0.05) is 60.2 Å². The second-order valence-electron chi connectivity index (χ2n) is 5.72. The van der Waals surface area contributed by atoms with Crippen LogP contribution < -0.4 is 0 Å². The zero-order valence-electron chi connectivity index (χ0n) is 11.6. The molecule has 4 unspecified atom stereocenters. The van der Waals surface area contributed by atoms with Crippen LogP contribution in [0.25, 0.3) is 0 Å². The van der Waals surface area contributed by atoms with E-state index >= 15 is 0 Å². The Morgan fingerprint density at radius 3 is 2.47 bits per heavy atom. The first-order valence-electron chi connectivity index (χ1n) is 7.07. The first kappa shape index (κ1) is 15.6. The van der Waals surface area contributed by atoms with Crippen LogP contribution in [0, 0.1) is 11.8 Å². The van der Waals surface area contributed by atoms with Gasteiger partial charge in [0.2, 0.25) is 0 Å². The Kier molecular flexibility index (Phi) is 5.97. The van der Waals surface area contributed by atoms with Crippen LogP contribution in [0.15, 0.2) is 24.3 Å². The Morgan fingerprint density at radius 2 is 1.89 bits per heavy atom. The Balaban J connectivity index is 1.97. The van der Waals surface area contributed by atoms with Gasteiger partial charge >= 0.3 is 0 Å². The Labute approximate surface area is 135 Å². The number of halogens is 2. The molecule has 0 aromatic heterocycles. The fourth-order valence-electron chi connectivity index (χ4n) is 2.74. The summed E-state index contributed by atoms with van der Waals surface area (Å²) < 4.78 is 7.32. The molecule has 1 fully saturated rings. The van der Waals surface area contributed by atoms with Crippen molar-refractivity contribution in [2.24, 2.45) is 11.8 Å². The van der Waals surface area contributed by atoms with Crippen LogP contribution in [0.1, 0.15) is 44.8 Å². The number of hydrogen-bond acceptors (Lipinski definition) is 1. The lowest BCUT2D eigenvalue weighted by molar-refractivity contribution is -0.0377. The third kappa shape index (κ3) is 4.33. The van der Waals surface area contributed by atoms with Gasteiger partial charge in [0.1, 0.15) is 0 Å². The van der Waals surface area contributed by atoms with Gasteiger partial charge in [0, 0.05) is 9.45 Å². The van der Waals surface area contributed by atoms with Gasteiger partial charge in [0.05, 0.1) is 12.2 Å². The van der Waals surface area contributed by atoms with E-state index in [1.165, 1.54) is 24.8 Å². The highest BCUT2D eigenvalue weighted by Crippen LogP contribution is 2.34. The van der Waals surface area contributed by atoms with Gasteiger partial charge in [-0.25, -0.2) is 0 Å². The van der Waals surface area contributed by atoms with E-state index in [0.29, 0.717) is 6.10 Å². The summed E-state index contributed by atoms with van der Waals surface area (Å²) in [6, 6.07) is 8.07. The second kappa shape index (κ2) is 7.28. The van der Waals surface area contributed by atoms with E-state index in [0.717, 1.165) is 21.3 Å². The van der Waals surface area contributed by atoms with Gasteiger partial charge in [-0.05, 0) is 48.8 Å². The molecule has 0 amide bonds. The van der Waals surface area contributed by atoms with Gasteiger partial charge < -0.3 is 4.74 Å². The van der Waals surface area contributed by atoms with E-state index in [4.69, 9.17) is 16.3 Å². The van der Waals surface area contributed by atoms with Crippen LogP contribution in [0.2, 0.25) is 5.02 Å². The largest absolute Gasteiger partial charge is 0.369 e. The molecule has 0 bridgehead atoms. The van der Waals surface area contributed by atoms with Crippen molar-refractivity contribution in [2.45, 2.75) is 45.3 Å². The van der Waals surface area contributed by atoms with E-state index in [9.17, 15) is 0 Å². The fourth-order valence-corrected chi connectivity index (χ4v) is 3.58. The smallest absolute Gasteiger partial charge is 0.0918 e. The molecule has 1 aromatic carbocycles. The summed E-state index contributed by atoms with van der Waals surface area (Å²) in [5.41, 5.74) is 1.24. The topological polar surface area (TPSA) is 9.23 Å². The van der Waals surface area contributed by atoms with Crippen molar-refractivity contribution in [1.82, 2.24) is 0 Å². The average molecular weight is 393 g/mol. The standard InChI is InChI=1S/C16H22ClIO/c1-11-3-8-15(9-12(11)2)19-16(10-18)13-4-6-14(17)7-5-13/h4-7,11-12,15-16H,3,8-10H2,1-2H3. The molecular formula is C16H22ClIO. The van der Waals surface area contributed by atoms with Gasteiger partial charge in [0.25, 0.3) is 0 Å². The summed E-state index contributed by atoms with van der Waals surface area (Å²) in [7, 11) is 0. The summed E-state index contributed by atoms with van der Waals surface area (Å²) in [4.78, 5) is 0. The zero-order chi connectivity index (χ0) is 13.8. The van der Waals surface area contributed by atoms with Gasteiger partial charge in [0.15, 0.2) is 0 Å². The molecule has 0 saturated heterocycles. The summed E-state index contributed by atoms with van der Waals surface area (Å²) in [6.07, 6.45) is 4.30. The Hall–Kier alpha value is 0.200. The third-order valence-corrected chi connectivity index (χ3v) is 5.34. The minimum absolute atomic E-state index is 0.198. The molecule has 2 rings (SSSR count). The molecule has 0 N–H and O–H groups in total. The Morgan fingerprint density at radius 1 is 1.21 bits per heavy atom. The van der Waals surface area contributed by atoms with Crippen LogP contribution >= 0.6 is 34.2 Å². The van der Waals surface area contributed by atoms with Crippen molar-refractivity contribution in [3.63, 3.8) is 0 Å². The predicted molar refractivity (Wildman–Crippen MR) is 90.1 cm³/mol. The number of hydrogen-bond donors (Lipinski definition) is 0. The third-order valence-electron chi connectivity index (χ3n) is 4.29. The van der Waals surface area contributed by atoms with Crippen molar-refractivity contribution >= 4 is 34.2 Å². The Bertz CT molecular complexity index is 392. The van der Waals surface area contributed by atoms with Crippen LogP contribution in [0.3, 0.4) is 0 Å². The molecule has 1 saturated carbocycles. The number of benzene rings is 1. The van der Waals surface area contributed by atoms with Crippen molar-refractivity contribution in [2.75, 3.05) is 4.43 Å². The molecule has 1 aliphatic rings. The molecular weight excluding hydrogens is 371 g/mol. The monoisotopic (exact) mass is 392 g/mol. The first-order chi connectivity index (χ1) is 9.10. The molecule has 1 aromatic rings. The van der Waals surface area contributed by atoms with Crippen LogP contribution in [-0.4, -0.2) is 10.5 Å². The maximum absolute atomic E-state index is 6.33. The van der Waals surface area contributed by atoms with Gasteiger partial charge in [-0.15, -0.1) is 0 Å². The zero-order valence-corrected chi connectivity index (χ0v) is 14.5. The molecule has 3 heteroatoms. The molecule has 0 heterocycles. The number of alkyl halides is 1. The van der Waals surface area contributed by atoms with Crippen LogP contribution in [0.4, 0.5) is 0 Å². The fraction of sp³-hybridized carbons (Fsp3) is 0.625. The number of ether oxygens (including phenoxy) is 1. The molecule has 4 atom stereocenters. The van der Waals surface area contributed by atoms with E-state index in [2.05, 4.69) is 48.6 Å². The lowest BCUT2D eigenvalue weighted by Crippen LogP contribution is -2.28. The summed E-state index contributed by atoms with van der Waals surface area (Å²) >= 11 is 8.35. The molecule has 1 aliphatic carbocycles.